The molecule has 3 aromatic rings. The molecule has 0 spiro atoms. The van der Waals surface area contributed by atoms with Gasteiger partial charge in [0.1, 0.15) is 6.54 Å². The molecule has 0 saturated heterocycles. The summed E-state index contributed by atoms with van der Waals surface area (Å²) in [6.07, 6.45) is 2.44. The predicted octanol–water partition coefficient (Wildman–Crippen LogP) is 2.75. The minimum atomic E-state index is -0.405. The Hall–Kier alpha value is -3.41. The smallest absolute Gasteiger partial charge is 0.262 e. The standard InChI is InChI=1S/C23H21N3O3/c1-13-6-9-19-18(10-13)15-8-7-14(11-20(15)25-19)24-21(27)12-26-22(28)16-4-2-3-5-17(16)23(26)29/h2-6,9-10,14,25H,7-8,11-12H2,1H3,(H,24,27). The van der Waals surface area contributed by atoms with E-state index in [0.717, 1.165) is 35.4 Å². The van der Waals surface area contributed by atoms with E-state index in [0.29, 0.717) is 11.1 Å². The van der Waals surface area contributed by atoms with Gasteiger partial charge in [-0.3, -0.25) is 19.3 Å². The summed E-state index contributed by atoms with van der Waals surface area (Å²) in [4.78, 5) is 42.0. The maximum absolute atomic E-state index is 12.6. The molecule has 1 aliphatic heterocycles. The van der Waals surface area contributed by atoms with Crippen LogP contribution in [-0.4, -0.2) is 40.2 Å². The maximum atomic E-state index is 12.6. The minimum absolute atomic E-state index is 0.0145. The summed E-state index contributed by atoms with van der Waals surface area (Å²) in [5.41, 5.74) is 5.56. The third-order valence-electron chi connectivity index (χ3n) is 5.89. The Balaban J connectivity index is 1.27. The molecule has 1 aliphatic carbocycles. The van der Waals surface area contributed by atoms with Gasteiger partial charge in [0.15, 0.2) is 0 Å². The van der Waals surface area contributed by atoms with Gasteiger partial charge in [-0.1, -0.05) is 23.8 Å². The van der Waals surface area contributed by atoms with Gasteiger partial charge in [0.2, 0.25) is 5.91 Å². The van der Waals surface area contributed by atoms with Gasteiger partial charge in [0.05, 0.1) is 11.1 Å². The van der Waals surface area contributed by atoms with Crippen LogP contribution < -0.4 is 5.32 Å². The number of amides is 3. The lowest BCUT2D eigenvalue weighted by atomic mass is 9.91. The summed E-state index contributed by atoms with van der Waals surface area (Å²) in [6, 6.07) is 13.0. The first-order valence-corrected chi connectivity index (χ1v) is 9.86. The molecule has 1 unspecified atom stereocenters. The summed E-state index contributed by atoms with van der Waals surface area (Å²) in [5.74, 6) is -1.12. The molecule has 5 rings (SSSR count). The number of nitrogens with one attached hydrogen (secondary N) is 2. The van der Waals surface area contributed by atoms with Crippen molar-refractivity contribution in [1.29, 1.82) is 0 Å². The molecular formula is C23H21N3O3. The van der Waals surface area contributed by atoms with Crippen molar-refractivity contribution in [2.24, 2.45) is 0 Å². The molecule has 0 radical (unpaired) electrons. The monoisotopic (exact) mass is 387 g/mol. The Kier molecular flexibility index (Phi) is 4.01. The number of imide groups is 1. The first-order valence-electron chi connectivity index (χ1n) is 9.86. The van der Waals surface area contributed by atoms with E-state index in [1.807, 2.05) is 0 Å². The van der Waals surface area contributed by atoms with Crippen LogP contribution in [0.5, 0.6) is 0 Å². The fourth-order valence-corrected chi connectivity index (χ4v) is 4.47. The van der Waals surface area contributed by atoms with Crippen molar-refractivity contribution in [3.8, 4) is 0 Å². The summed E-state index contributed by atoms with van der Waals surface area (Å²) in [5, 5.41) is 4.27. The molecule has 146 valence electrons. The average molecular weight is 387 g/mol. The molecule has 1 atom stereocenters. The topological polar surface area (TPSA) is 82.3 Å². The molecular weight excluding hydrogens is 366 g/mol. The second-order valence-electron chi connectivity index (χ2n) is 7.88. The lowest BCUT2D eigenvalue weighted by molar-refractivity contribution is -0.122. The van der Waals surface area contributed by atoms with Gasteiger partial charge in [-0.25, -0.2) is 0 Å². The predicted molar refractivity (Wildman–Crippen MR) is 109 cm³/mol. The lowest BCUT2D eigenvalue weighted by Gasteiger charge is -2.24. The number of carbonyl (C=O) groups excluding carboxylic acids is 3. The van der Waals surface area contributed by atoms with Crippen LogP contribution in [0.3, 0.4) is 0 Å². The highest BCUT2D eigenvalue weighted by Gasteiger charge is 2.36. The molecule has 2 aromatic carbocycles. The number of rotatable bonds is 3. The third kappa shape index (κ3) is 2.92. The van der Waals surface area contributed by atoms with E-state index in [2.05, 4.69) is 35.4 Å². The normalized spacial score (nSPS) is 18.1. The molecule has 6 heteroatoms. The fraction of sp³-hybridized carbons (Fsp3) is 0.261. The van der Waals surface area contributed by atoms with E-state index >= 15 is 0 Å². The molecule has 2 N–H and O–H groups in total. The maximum Gasteiger partial charge on any atom is 0.262 e. The average Bonchev–Trinajstić information content (AvgIpc) is 3.18. The van der Waals surface area contributed by atoms with Crippen LogP contribution in [0.25, 0.3) is 10.9 Å². The molecule has 6 nitrogen and oxygen atoms in total. The van der Waals surface area contributed by atoms with Crippen molar-refractivity contribution in [1.82, 2.24) is 15.2 Å². The van der Waals surface area contributed by atoms with Crippen LogP contribution in [0, 0.1) is 6.92 Å². The molecule has 1 aromatic heterocycles. The van der Waals surface area contributed by atoms with Crippen molar-refractivity contribution in [2.75, 3.05) is 6.54 Å². The zero-order valence-corrected chi connectivity index (χ0v) is 16.1. The highest BCUT2D eigenvalue weighted by Crippen LogP contribution is 2.30. The van der Waals surface area contributed by atoms with Crippen LogP contribution in [-0.2, 0) is 17.6 Å². The van der Waals surface area contributed by atoms with Crippen molar-refractivity contribution in [2.45, 2.75) is 32.2 Å². The van der Waals surface area contributed by atoms with E-state index in [9.17, 15) is 14.4 Å². The van der Waals surface area contributed by atoms with Crippen LogP contribution in [0.2, 0.25) is 0 Å². The molecule has 2 heterocycles. The highest BCUT2D eigenvalue weighted by molar-refractivity contribution is 6.22. The molecule has 29 heavy (non-hydrogen) atoms. The van der Waals surface area contributed by atoms with Gasteiger partial charge in [-0.2, -0.15) is 0 Å². The summed E-state index contributed by atoms with van der Waals surface area (Å²) in [6.45, 7) is 1.84. The van der Waals surface area contributed by atoms with Crippen LogP contribution in [0.4, 0.5) is 0 Å². The van der Waals surface area contributed by atoms with Gasteiger partial charge in [0, 0.05) is 29.1 Å². The van der Waals surface area contributed by atoms with E-state index in [1.165, 1.54) is 16.5 Å². The molecule has 0 bridgehead atoms. The number of fused-ring (bicyclic) bond motifs is 4. The number of aryl methyl sites for hydroxylation is 2. The number of carbonyl (C=O) groups is 3. The second kappa shape index (κ2) is 6.58. The van der Waals surface area contributed by atoms with E-state index in [-0.39, 0.29) is 18.5 Å². The minimum Gasteiger partial charge on any atom is -0.358 e. The quantitative estimate of drug-likeness (QED) is 0.678. The van der Waals surface area contributed by atoms with Crippen LogP contribution in [0.1, 0.15) is 44.0 Å². The second-order valence-corrected chi connectivity index (χ2v) is 7.88. The SMILES string of the molecule is Cc1ccc2[nH]c3c(c2c1)CCC(NC(=O)CN1C(=O)c2ccccc2C1=O)C3. The number of H-pyrrole nitrogens is 1. The number of hydrogen-bond donors (Lipinski definition) is 2. The summed E-state index contributed by atoms with van der Waals surface area (Å²) >= 11 is 0. The van der Waals surface area contributed by atoms with Crippen molar-refractivity contribution in [3.05, 3.63) is 70.4 Å². The largest absolute Gasteiger partial charge is 0.358 e. The highest BCUT2D eigenvalue weighted by atomic mass is 16.2. The number of nitrogens with zero attached hydrogens (tertiary/aromatic N) is 1. The Morgan fingerprint density at radius 2 is 1.86 bits per heavy atom. The van der Waals surface area contributed by atoms with Gasteiger partial charge in [-0.15, -0.1) is 0 Å². The number of aromatic amines is 1. The number of hydrogen-bond acceptors (Lipinski definition) is 3. The zero-order chi connectivity index (χ0) is 20.1. The summed E-state index contributed by atoms with van der Waals surface area (Å²) < 4.78 is 0. The fourth-order valence-electron chi connectivity index (χ4n) is 4.47. The van der Waals surface area contributed by atoms with Gasteiger partial charge < -0.3 is 10.3 Å². The van der Waals surface area contributed by atoms with Crippen LogP contribution >= 0.6 is 0 Å². The first-order chi connectivity index (χ1) is 14.0. The molecule has 3 amide bonds. The van der Waals surface area contributed by atoms with Gasteiger partial charge >= 0.3 is 0 Å². The van der Waals surface area contributed by atoms with Gasteiger partial charge in [-0.05, 0) is 49.6 Å². The summed E-state index contributed by atoms with van der Waals surface area (Å²) in [7, 11) is 0. The van der Waals surface area contributed by atoms with Crippen LogP contribution in [0.15, 0.2) is 42.5 Å². The Morgan fingerprint density at radius 3 is 2.59 bits per heavy atom. The number of aromatic nitrogens is 1. The zero-order valence-electron chi connectivity index (χ0n) is 16.1. The van der Waals surface area contributed by atoms with E-state index in [1.54, 1.807) is 24.3 Å². The Morgan fingerprint density at radius 1 is 1.14 bits per heavy atom. The molecule has 2 aliphatic rings. The van der Waals surface area contributed by atoms with Crippen molar-refractivity contribution < 1.29 is 14.4 Å². The first kappa shape index (κ1) is 17.7. The lowest BCUT2D eigenvalue weighted by Crippen LogP contribution is -2.45. The van der Waals surface area contributed by atoms with Crippen molar-refractivity contribution in [3.63, 3.8) is 0 Å². The molecule has 0 saturated carbocycles. The number of benzene rings is 2. The Labute approximate surface area is 167 Å². The molecule has 0 fully saturated rings. The Bertz CT molecular complexity index is 1140. The van der Waals surface area contributed by atoms with E-state index < -0.39 is 11.8 Å². The third-order valence-corrected chi connectivity index (χ3v) is 5.89. The van der Waals surface area contributed by atoms with E-state index in [4.69, 9.17) is 0 Å². The van der Waals surface area contributed by atoms with Crippen molar-refractivity contribution >= 4 is 28.6 Å². The van der Waals surface area contributed by atoms with Gasteiger partial charge in [0.25, 0.3) is 11.8 Å².